The van der Waals surface area contributed by atoms with Gasteiger partial charge in [0.25, 0.3) is 0 Å². The Bertz CT molecular complexity index is 559. The summed E-state index contributed by atoms with van der Waals surface area (Å²) in [4.78, 5) is 0.265. The van der Waals surface area contributed by atoms with Crippen LogP contribution in [-0.2, 0) is 16.6 Å². The van der Waals surface area contributed by atoms with Gasteiger partial charge in [0, 0.05) is 17.1 Å². The van der Waals surface area contributed by atoms with Gasteiger partial charge in [-0.15, -0.1) is 0 Å². The van der Waals surface area contributed by atoms with Gasteiger partial charge in [-0.2, -0.15) is 0 Å². The highest BCUT2D eigenvalue weighted by atomic mass is 79.9. The molecule has 1 aromatic carbocycles. The molecular formula is C14H23BrN2O2S. The average Bonchev–Trinajstić information content (AvgIpc) is 2.38. The zero-order valence-electron chi connectivity index (χ0n) is 12.2. The first-order chi connectivity index (χ1) is 9.31. The third kappa shape index (κ3) is 4.55. The molecule has 0 radical (unpaired) electrons. The number of benzene rings is 1. The van der Waals surface area contributed by atoms with E-state index >= 15 is 0 Å². The van der Waals surface area contributed by atoms with Gasteiger partial charge in [0.15, 0.2) is 0 Å². The number of unbranched alkanes of at least 4 members (excludes halogenated alkanes) is 1. The molecule has 0 heterocycles. The number of nitrogens with two attached hydrogens (primary N) is 1. The highest BCUT2D eigenvalue weighted by molar-refractivity contribution is 9.10. The fraction of sp³-hybridized carbons (Fsp3) is 0.571. The standard InChI is InChI=1S/C14H23BrN2O2S/c1-4-5-6-11(3)17-20(18,19)13-8-12(9-16)7-10(2)14(13)15/h7-8,11,17H,4-6,9,16H2,1-3H3. The number of hydrogen-bond acceptors (Lipinski definition) is 3. The third-order valence-electron chi connectivity index (χ3n) is 3.15. The molecule has 0 saturated heterocycles. The molecule has 114 valence electrons. The van der Waals surface area contributed by atoms with E-state index in [1.54, 1.807) is 6.07 Å². The van der Waals surface area contributed by atoms with Crippen LogP contribution in [0.1, 0.15) is 44.2 Å². The van der Waals surface area contributed by atoms with Crippen LogP contribution in [0.15, 0.2) is 21.5 Å². The summed E-state index contributed by atoms with van der Waals surface area (Å²) in [5, 5.41) is 0. The molecule has 1 unspecified atom stereocenters. The van der Waals surface area contributed by atoms with Gasteiger partial charge in [0.05, 0.1) is 4.90 Å². The van der Waals surface area contributed by atoms with Gasteiger partial charge in [-0.05, 0) is 53.4 Å². The second kappa shape index (κ2) is 7.54. The second-order valence-corrected chi connectivity index (χ2v) is 7.57. The Balaban J connectivity index is 3.06. The van der Waals surface area contributed by atoms with Gasteiger partial charge in [0.2, 0.25) is 10.0 Å². The van der Waals surface area contributed by atoms with Crippen LogP contribution in [0.2, 0.25) is 0 Å². The van der Waals surface area contributed by atoms with E-state index in [9.17, 15) is 8.42 Å². The Kier molecular flexibility index (Phi) is 6.64. The minimum atomic E-state index is -3.53. The number of halogens is 1. The van der Waals surface area contributed by atoms with E-state index in [0.29, 0.717) is 11.0 Å². The molecule has 0 bridgehead atoms. The van der Waals surface area contributed by atoms with E-state index in [1.165, 1.54) is 0 Å². The number of rotatable bonds is 7. The molecule has 0 spiro atoms. The predicted molar refractivity (Wildman–Crippen MR) is 86.1 cm³/mol. The first kappa shape index (κ1) is 17.6. The van der Waals surface area contributed by atoms with E-state index in [-0.39, 0.29) is 10.9 Å². The number of aryl methyl sites for hydroxylation is 1. The van der Waals surface area contributed by atoms with Crippen LogP contribution < -0.4 is 10.5 Å². The monoisotopic (exact) mass is 362 g/mol. The van der Waals surface area contributed by atoms with Gasteiger partial charge < -0.3 is 5.73 Å². The van der Waals surface area contributed by atoms with E-state index < -0.39 is 10.0 Å². The van der Waals surface area contributed by atoms with Crippen molar-refractivity contribution in [2.45, 2.75) is 57.5 Å². The van der Waals surface area contributed by atoms with Crippen LogP contribution in [0.4, 0.5) is 0 Å². The van der Waals surface area contributed by atoms with Crippen molar-refractivity contribution in [3.05, 3.63) is 27.7 Å². The lowest BCUT2D eigenvalue weighted by Gasteiger charge is -2.16. The lowest BCUT2D eigenvalue weighted by molar-refractivity contribution is 0.534. The Labute approximate surface area is 130 Å². The van der Waals surface area contributed by atoms with Crippen LogP contribution in [0.3, 0.4) is 0 Å². The largest absolute Gasteiger partial charge is 0.326 e. The van der Waals surface area contributed by atoms with Gasteiger partial charge in [-0.3, -0.25) is 0 Å². The molecular weight excluding hydrogens is 340 g/mol. The van der Waals surface area contributed by atoms with Crippen LogP contribution in [0, 0.1) is 6.92 Å². The lowest BCUT2D eigenvalue weighted by Crippen LogP contribution is -2.33. The van der Waals surface area contributed by atoms with Crippen molar-refractivity contribution in [2.24, 2.45) is 5.73 Å². The summed E-state index contributed by atoms with van der Waals surface area (Å²) in [6, 6.07) is 3.45. The minimum absolute atomic E-state index is 0.0753. The van der Waals surface area contributed by atoms with Crippen molar-refractivity contribution in [1.29, 1.82) is 0 Å². The van der Waals surface area contributed by atoms with Crippen LogP contribution in [-0.4, -0.2) is 14.5 Å². The summed E-state index contributed by atoms with van der Waals surface area (Å²) in [7, 11) is -3.53. The molecule has 0 aliphatic heterocycles. The Morgan fingerprint density at radius 1 is 1.40 bits per heavy atom. The molecule has 6 heteroatoms. The van der Waals surface area contributed by atoms with Gasteiger partial charge in [-0.1, -0.05) is 25.8 Å². The molecule has 0 aromatic heterocycles. The molecule has 0 fully saturated rings. The number of nitrogens with one attached hydrogen (secondary N) is 1. The van der Waals surface area contributed by atoms with E-state index in [1.807, 2.05) is 19.9 Å². The predicted octanol–water partition coefficient (Wildman–Crippen LogP) is 3.07. The number of hydrogen-bond donors (Lipinski definition) is 2. The quantitative estimate of drug-likeness (QED) is 0.782. The van der Waals surface area contributed by atoms with E-state index in [4.69, 9.17) is 5.73 Å². The molecule has 20 heavy (non-hydrogen) atoms. The summed E-state index contributed by atoms with van der Waals surface area (Å²) >= 11 is 3.36. The Hall–Kier alpha value is -0.430. The molecule has 0 aliphatic rings. The van der Waals surface area contributed by atoms with Crippen molar-refractivity contribution in [3.63, 3.8) is 0 Å². The Morgan fingerprint density at radius 3 is 2.60 bits per heavy atom. The molecule has 0 aliphatic carbocycles. The Morgan fingerprint density at radius 2 is 2.05 bits per heavy atom. The van der Waals surface area contributed by atoms with Gasteiger partial charge >= 0.3 is 0 Å². The van der Waals surface area contributed by atoms with E-state index in [0.717, 1.165) is 30.4 Å². The maximum absolute atomic E-state index is 12.5. The topological polar surface area (TPSA) is 72.2 Å². The summed E-state index contributed by atoms with van der Waals surface area (Å²) < 4.78 is 28.3. The molecule has 0 amide bonds. The van der Waals surface area contributed by atoms with Crippen molar-refractivity contribution in [3.8, 4) is 0 Å². The van der Waals surface area contributed by atoms with E-state index in [2.05, 4.69) is 27.6 Å². The minimum Gasteiger partial charge on any atom is -0.326 e. The van der Waals surface area contributed by atoms with Crippen molar-refractivity contribution < 1.29 is 8.42 Å². The molecule has 3 N–H and O–H groups in total. The summed E-state index contributed by atoms with van der Waals surface area (Å²) in [6.07, 6.45) is 2.90. The fourth-order valence-corrected chi connectivity index (χ4v) is 4.37. The highest BCUT2D eigenvalue weighted by Crippen LogP contribution is 2.27. The van der Waals surface area contributed by atoms with Gasteiger partial charge in [0.1, 0.15) is 0 Å². The average molecular weight is 363 g/mol. The molecule has 0 saturated carbocycles. The second-order valence-electron chi connectivity index (χ2n) is 5.09. The summed E-state index contributed by atoms with van der Waals surface area (Å²) in [5.74, 6) is 0. The maximum Gasteiger partial charge on any atom is 0.241 e. The van der Waals surface area contributed by atoms with Crippen molar-refractivity contribution in [2.75, 3.05) is 0 Å². The van der Waals surface area contributed by atoms with Crippen LogP contribution in [0.5, 0.6) is 0 Å². The fourth-order valence-electron chi connectivity index (χ4n) is 2.02. The van der Waals surface area contributed by atoms with Crippen molar-refractivity contribution >= 4 is 26.0 Å². The summed E-state index contributed by atoms with van der Waals surface area (Å²) in [6.45, 7) is 6.16. The third-order valence-corrected chi connectivity index (χ3v) is 6.08. The summed E-state index contributed by atoms with van der Waals surface area (Å²) in [5.41, 5.74) is 7.30. The molecule has 4 nitrogen and oxygen atoms in total. The van der Waals surface area contributed by atoms with Crippen molar-refractivity contribution in [1.82, 2.24) is 4.72 Å². The van der Waals surface area contributed by atoms with Crippen LogP contribution in [0.25, 0.3) is 0 Å². The SMILES string of the molecule is CCCCC(C)NS(=O)(=O)c1cc(CN)cc(C)c1Br. The first-order valence-electron chi connectivity index (χ1n) is 6.83. The lowest BCUT2D eigenvalue weighted by atomic mass is 10.1. The highest BCUT2D eigenvalue weighted by Gasteiger charge is 2.21. The molecule has 1 atom stereocenters. The zero-order chi connectivity index (χ0) is 15.3. The smallest absolute Gasteiger partial charge is 0.241 e. The zero-order valence-corrected chi connectivity index (χ0v) is 14.6. The maximum atomic E-state index is 12.5. The first-order valence-corrected chi connectivity index (χ1v) is 9.10. The molecule has 1 aromatic rings. The van der Waals surface area contributed by atoms with Crippen LogP contribution >= 0.6 is 15.9 Å². The molecule has 1 rings (SSSR count). The van der Waals surface area contributed by atoms with Gasteiger partial charge in [-0.25, -0.2) is 13.1 Å². The normalized spacial score (nSPS) is 13.4. The number of sulfonamides is 1.